The van der Waals surface area contributed by atoms with Crippen LogP contribution >= 0.6 is 0 Å². The van der Waals surface area contributed by atoms with Crippen molar-refractivity contribution in [3.8, 4) is 0 Å². The molecule has 4 heteroatoms. The van der Waals surface area contributed by atoms with Gasteiger partial charge in [0, 0.05) is 63.2 Å². The summed E-state index contributed by atoms with van der Waals surface area (Å²) in [6, 6.07) is 0. The van der Waals surface area contributed by atoms with Crippen LogP contribution in [-0.4, -0.2) is 11.0 Å². The van der Waals surface area contributed by atoms with Crippen molar-refractivity contribution in [2.45, 2.75) is 0 Å². The normalized spacial score (nSPS) is 0. The Bertz CT molecular complexity index is 8.00. The molecule has 0 fully saturated rings. The molecule has 0 aliphatic heterocycles. The molecule has 4 heavy (non-hydrogen) atoms. The SMILES string of the molecule is [Pd].[Pt].[SiH4].[Ti]. The first-order chi connectivity index (χ1) is 0. The first-order valence-electron chi connectivity index (χ1n) is 0. The Morgan fingerprint density at radius 2 is 1.00 bits per heavy atom. The maximum atomic E-state index is 0. The molecule has 0 bridgehead atoms. The van der Waals surface area contributed by atoms with E-state index in [0.29, 0.717) is 0 Å². The van der Waals surface area contributed by atoms with Gasteiger partial charge in [0.15, 0.2) is 0 Å². The molecule has 0 atom stereocenters. The first-order valence-corrected chi connectivity index (χ1v) is 0. The van der Waals surface area contributed by atoms with E-state index in [-0.39, 0.29) is 74.2 Å². The molecule has 0 N–H and O–H groups in total. The third kappa shape index (κ3) is 8.86. The van der Waals surface area contributed by atoms with Gasteiger partial charge in [0.05, 0.1) is 0 Å². The van der Waals surface area contributed by atoms with Gasteiger partial charge >= 0.3 is 0 Å². The maximum absolute atomic E-state index is 0. The summed E-state index contributed by atoms with van der Waals surface area (Å²) in [7, 11) is 0. The van der Waals surface area contributed by atoms with Gasteiger partial charge in [-0.25, -0.2) is 0 Å². The summed E-state index contributed by atoms with van der Waals surface area (Å²) < 4.78 is 0. The van der Waals surface area contributed by atoms with Gasteiger partial charge in [-0.15, -0.1) is 0 Å². The number of hydrogen-bond donors (Lipinski definition) is 0. The Hall–Kier alpha value is 2.28. The molecule has 0 aromatic carbocycles. The standard InChI is InChI=1S/Pd.Pt.H4Si.Ti/h;;1H4;. The van der Waals surface area contributed by atoms with Gasteiger partial charge in [-0.3, -0.25) is 0 Å². The minimum absolute atomic E-state index is 0. The Labute approximate surface area is 73.3 Å². The fraction of sp³-hybridized carbons (Fsp3) is 0. The average Bonchev–Trinajstić information content (AvgIpc) is 0. The van der Waals surface area contributed by atoms with Crippen LogP contribution in [0, 0.1) is 0 Å². The minimum atomic E-state index is 0. The van der Waals surface area contributed by atoms with Crippen LogP contribution in [0.2, 0.25) is 0 Å². The van der Waals surface area contributed by atoms with Gasteiger partial charge in [-0.1, -0.05) is 0 Å². The van der Waals surface area contributed by atoms with Gasteiger partial charge in [-0.2, -0.15) is 0 Å². The van der Waals surface area contributed by atoms with Crippen molar-refractivity contribution in [2.24, 2.45) is 0 Å². The second-order valence-corrected chi connectivity index (χ2v) is 0. The van der Waals surface area contributed by atoms with E-state index >= 15 is 0 Å². The molecule has 32 valence electrons. The Balaban J connectivity index is 0. The van der Waals surface area contributed by atoms with E-state index in [4.69, 9.17) is 0 Å². The molecule has 0 aromatic rings. The Morgan fingerprint density at radius 3 is 1.00 bits per heavy atom. The van der Waals surface area contributed by atoms with E-state index in [1.807, 2.05) is 0 Å². The quantitative estimate of drug-likeness (QED) is 0.450. The van der Waals surface area contributed by atoms with E-state index in [1.165, 1.54) is 0 Å². The summed E-state index contributed by atoms with van der Waals surface area (Å²) in [6.07, 6.45) is 0. The Kier molecular flexibility index (Phi) is 156. The molecule has 0 spiro atoms. The fourth-order valence-corrected chi connectivity index (χ4v) is 0. The molecule has 0 rings (SSSR count). The number of rotatable bonds is 0. The molecule has 0 radical (unpaired) electrons. The zero-order valence-electron chi connectivity index (χ0n) is 1.13. The molecule has 0 saturated heterocycles. The largest absolute Gasteiger partial charge is 0.0149 e. The van der Waals surface area contributed by atoms with Crippen molar-refractivity contribution >= 4 is 11.0 Å². The van der Waals surface area contributed by atoms with Gasteiger partial charge in [0.1, 0.15) is 0 Å². The van der Waals surface area contributed by atoms with Crippen LogP contribution in [0.25, 0.3) is 0 Å². The molecular weight excluding hydrogens is 377 g/mol. The van der Waals surface area contributed by atoms with E-state index in [9.17, 15) is 0 Å². The predicted octanol–water partition coefficient (Wildman–Crippen LogP) is -1.46. The van der Waals surface area contributed by atoms with Crippen molar-refractivity contribution < 1.29 is 63.2 Å². The summed E-state index contributed by atoms with van der Waals surface area (Å²) in [6.45, 7) is 0. The molecule has 0 aliphatic rings. The monoisotopic (exact) mass is 381 g/mol. The zero-order chi connectivity index (χ0) is 0. The predicted molar refractivity (Wildman–Crippen MR) is 11.3 cm³/mol. The van der Waals surface area contributed by atoms with E-state index in [0.717, 1.165) is 0 Å². The van der Waals surface area contributed by atoms with Crippen LogP contribution in [0.4, 0.5) is 0 Å². The summed E-state index contributed by atoms with van der Waals surface area (Å²) in [4.78, 5) is 0. The van der Waals surface area contributed by atoms with Crippen LogP contribution in [0.15, 0.2) is 0 Å². The zero-order valence-corrected chi connectivity index (χ0v) is 6.52. The van der Waals surface area contributed by atoms with Crippen LogP contribution in [0.1, 0.15) is 0 Å². The topological polar surface area (TPSA) is 0 Å². The average molecular weight is 381 g/mol. The molecule has 0 aromatic heterocycles. The summed E-state index contributed by atoms with van der Waals surface area (Å²) in [5, 5.41) is 0. The Morgan fingerprint density at radius 1 is 1.00 bits per heavy atom. The molecule has 0 heterocycles. The van der Waals surface area contributed by atoms with E-state index in [1.54, 1.807) is 0 Å². The smallest absolute Gasteiger partial charge is 0 e. The van der Waals surface area contributed by atoms with Crippen LogP contribution in [0.5, 0.6) is 0 Å². The second-order valence-electron chi connectivity index (χ2n) is 0. The molecule has 0 aliphatic carbocycles. The third-order valence-corrected chi connectivity index (χ3v) is 0. The summed E-state index contributed by atoms with van der Waals surface area (Å²) in [5.41, 5.74) is 0. The van der Waals surface area contributed by atoms with Crippen molar-refractivity contribution in [3.63, 3.8) is 0 Å². The van der Waals surface area contributed by atoms with Crippen molar-refractivity contribution in [1.82, 2.24) is 0 Å². The first kappa shape index (κ1) is 33.7. The molecule has 0 nitrogen and oxygen atoms in total. The van der Waals surface area contributed by atoms with Gasteiger partial charge in [0.2, 0.25) is 0 Å². The summed E-state index contributed by atoms with van der Waals surface area (Å²) >= 11 is 0. The van der Waals surface area contributed by atoms with Crippen molar-refractivity contribution in [1.29, 1.82) is 0 Å². The van der Waals surface area contributed by atoms with Crippen molar-refractivity contribution in [3.05, 3.63) is 0 Å². The summed E-state index contributed by atoms with van der Waals surface area (Å²) in [5.74, 6) is 0. The third-order valence-electron chi connectivity index (χ3n) is 0. The molecule has 0 unspecified atom stereocenters. The van der Waals surface area contributed by atoms with Crippen LogP contribution in [0.3, 0.4) is 0 Å². The van der Waals surface area contributed by atoms with Crippen LogP contribution in [-0.2, 0) is 63.2 Å². The molecule has 0 saturated carbocycles. The van der Waals surface area contributed by atoms with Crippen LogP contribution < -0.4 is 0 Å². The van der Waals surface area contributed by atoms with E-state index < -0.39 is 0 Å². The number of hydrogen-bond acceptors (Lipinski definition) is 0. The van der Waals surface area contributed by atoms with Gasteiger partial charge < -0.3 is 0 Å². The molecule has 0 amide bonds. The fourth-order valence-electron chi connectivity index (χ4n) is 0. The van der Waals surface area contributed by atoms with Gasteiger partial charge in [0.25, 0.3) is 0 Å². The minimum Gasteiger partial charge on any atom is -0.0149 e. The van der Waals surface area contributed by atoms with E-state index in [2.05, 4.69) is 0 Å². The maximum Gasteiger partial charge on any atom is 0 e. The molecular formula is H4PdPtSiTi. The van der Waals surface area contributed by atoms with Crippen molar-refractivity contribution in [2.75, 3.05) is 0 Å². The second kappa shape index (κ2) is 18.6. The van der Waals surface area contributed by atoms with Gasteiger partial charge in [-0.05, 0) is 11.0 Å².